The summed E-state index contributed by atoms with van der Waals surface area (Å²) in [7, 11) is 0. The van der Waals surface area contributed by atoms with E-state index in [1.165, 1.54) is 42.7 Å². The maximum atomic E-state index is 13.2. The number of Topliss-reactive ketones (excluding diaryl/α,β-unsaturated/α-hetero) is 1. The van der Waals surface area contributed by atoms with Gasteiger partial charge in [-0.3, -0.25) is 4.79 Å². The monoisotopic (exact) mass is 288 g/mol. The molecule has 1 aliphatic carbocycles. The van der Waals surface area contributed by atoms with Gasteiger partial charge in [0.2, 0.25) is 0 Å². The van der Waals surface area contributed by atoms with Crippen LogP contribution in [0.25, 0.3) is 10.1 Å². The van der Waals surface area contributed by atoms with Crippen LogP contribution in [0.2, 0.25) is 0 Å². The van der Waals surface area contributed by atoms with Gasteiger partial charge in [-0.2, -0.15) is 0 Å². The maximum absolute atomic E-state index is 13.2. The van der Waals surface area contributed by atoms with Gasteiger partial charge in [0.1, 0.15) is 5.82 Å². The Hall–Kier alpha value is -1.48. The van der Waals surface area contributed by atoms with Crippen molar-refractivity contribution in [2.45, 2.75) is 38.5 Å². The van der Waals surface area contributed by atoms with Gasteiger partial charge in [-0.15, -0.1) is 11.3 Å². The third-order valence-corrected chi connectivity index (χ3v) is 4.89. The van der Waals surface area contributed by atoms with Crippen molar-refractivity contribution in [1.82, 2.24) is 0 Å². The fraction of sp³-hybridized carbons (Fsp3) is 0.353. The first-order valence-electron chi connectivity index (χ1n) is 7.17. The molecular formula is C17H17FOS. The van der Waals surface area contributed by atoms with Crippen LogP contribution in [0.4, 0.5) is 4.39 Å². The smallest absolute Gasteiger partial charge is 0.198 e. The molecule has 1 heterocycles. The molecule has 0 amide bonds. The van der Waals surface area contributed by atoms with Crippen molar-refractivity contribution in [3.8, 4) is 0 Å². The van der Waals surface area contributed by atoms with Gasteiger partial charge in [0.05, 0.1) is 4.88 Å². The van der Waals surface area contributed by atoms with Crippen LogP contribution in [0.1, 0.15) is 48.2 Å². The topological polar surface area (TPSA) is 17.1 Å². The van der Waals surface area contributed by atoms with Crippen LogP contribution in [-0.2, 0) is 0 Å². The lowest BCUT2D eigenvalue weighted by Gasteiger charge is -2.09. The van der Waals surface area contributed by atoms with Crippen molar-refractivity contribution in [3.63, 3.8) is 0 Å². The van der Waals surface area contributed by atoms with E-state index in [9.17, 15) is 9.18 Å². The molecular weight excluding hydrogens is 271 g/mol. The van der Waals surface area contributed by atoms with E-state index in [1.54, 1.807) is 6.07 Å². The second-order valence-corrected chi connectivity index (χ2v) is 6.39. The highest BCUT2D eigenvalue weighted by Gasteiger charge is 2.16. The summed E-state index contributed by atoms with van der Waals surface area (Å²) in [5.41, 5.74) is 0.941. The van der Waals surface area contributed by atoms with Gasteiger partial charge in [-0.25, -0.2) is 4.39 Å². The minimum atomic E-state index is -0.247. The van der Waals surface area contributed by atoms with Crippen molar-refractivity contribution >= 4 is 27.2 Å². The summed E-state index contributed by atoms with van der Waals surface area (Å²) in [5.74, 6) is -0.114. The van der Waals surface area contributed by atoms with E-state index in [1.807, 2.05) is 6.07 Å². The summed E-state index contributed by atoms with van der Waals surface area (Å²) in [5, 5.41) is 0.950. The molecule has 20 heavy (non-hydrogen) atoms. The molecule has 1 nitrogen and oxygen atoms in total. The van der Waals surface area contributed by atoms with Crippen molar-refractivity contribution in [2.75, 3.05) is 0 Å². The number of rotatable bonds is 2. The number of hydrogen-bond donors (Lipinski definition) is 0. The molecule has 0 spiro atoms. The minimum Gasteiger partial charge on any atom is -0.288 e. The van der Waals surface area contributed by atoms with Crippen molar-refractivity contribution < 1.29 is 9.18 Å². The van der Waals surface area contributed by atoms with E-state index in [-0.39, 0.29) is 11.6 Å². The number of halogens is 1. The third kappa shape index (κ3) is 2.83. The summed E-state index contributed by atoms with van der Waals surface area (Å²) in [4.78, 5) is 13.3. The molecule has 1 aliphatic rings. The Labute approximate surface area is 122 Å². The van der Waals surface area contributed by atoms with E-state index in [2.05, 4.69) is 6.08 Å². The molecule has 0 saturated heterocycles. The Morgan fingerprint density at radius 3 is 2.85 bits per heavy atom. The molecule has 0 fully saturated rings. The lowest BCUT2D eigenvalue weighted by molar-refractivity contribution is 0.103. The Balaban J connectivity index is 1.91. The van der Waals surface area contributed by atoms with Crippen LogP contribution in [0.15, 0.2) is 35.9 Å². The number of thiophene rings is 1. The quantitative estimate of drug-likeness (QED) is 0.666. The molecule has 0 radical (unpaired) electrons. The molecule has 104 valence electrons. The molecule has 1 aromatic heterocycles. The molecule has 3 rings (SSSR count). The minimum absolute atomic E-state index is 0.133. The molecule has 1 aromatic carbocycles. The standard InChI is InChI=1S/C17H17FOS/c18-14-9-8-13-10-16(20-15(13)11-14)17(19)12-6-4-2-1-3-5-7-12/h6,8-11H,1-5,7H2/b12-6+. The van der Waals surface area contributed by atoms with Gasteiger partial charge in [0, 0.05) is 4.70 Å². The molecule has 0 saturated carbocycles. The van der Waals surface area contributed by atoms with Crippen LogP contribution in [0.5, 0.6) is 0 Å². The first kappa shape index (κ1) is 13.5. The molecule has 0 bridgehead atoms. The Kier molecular flexibility index (Phi) is 3.97. The molecule has 0 unspecified atom stereocenters. The Morgan fingerprint density at radius 2 is 1.95 bits per heavy atom. The summed E-state index contributed by atoms with van der Waals surface area (Å²) in [6.45, 7) is 0. The van der Waals surface area contributed by atoms with Gasteiger partial charge in [0.15, 0.2) is 5.78 Å². The van der Waals surface area contributed by atoms with Crippen LogP contribution in [0, 0.1) is 5.82 Å². The van der Waals surface area contributed by atoms with Crippen LogP contribution >= 0.6 is 11.3 Å². The summed E-state index contributed by atoms with van der Waals surface area (Å²) in [6, 6.07) is 6.58. The van der Waals surface area contributed by atoms with Crippen molar-refractivity contribution in [2.24, 2.45) is 0 Å². The second-order valence-electron chi connectivity index (χ2n) is 5.30. The zero-order valence-electron chi connectivity index (χ0n) is 11.3. The number of carbonyl (C=O) groups excluding carboxylic acids is 1. The molecule has 2 aromatic rings. The highest BCUT2D eigenvalue weighted by molar-refractivity contribution is 7.21. The third-order valence-electron chi connectivity index (χ3n) is 3.79. The Morgan fingerprint density at radius 1 is 1.10 bits per heavy atom. The van der Waals surface area contributed by atoms with E-state index in [4.69, 9.17) is 0 Å². The normalized spacial score (nSPS) is 19.1. The van der Waals surface area contributed by atoms with Crippen molar-refractivity contribution in [3.05, 3.63) is 46.6 Å². The average molecular weight is 288 g/mol. The van der Waals surface area contributed by atoms with Gasteiger partial charge in [-0.1, -0.05) is 25.0 Å². The average Bonchev–Trinajstić information content (AvgIpc) is 2.80. The first-order valence-corrected chi connectivity index (χ1v) is 7.98. The number of carbonyl (C=O) groups is 1. The Bertz CT molecular complexity index is 669. The summed E-state index contributed by atoms with van der Waals surface area (Å²) < 4.78 is 14.1. The van der Waals surface area contributed by atoms with E-state index < -0.39 is 0 Å². The number of ketones is 1. The lowest BCUT2D eigenvalue weighted by Crippen LogP contribution is -2.03. The van der Waals surface area contributed by atoms with Crippen LogP contribution in [0.3, 0.4) is 0 Å². The maximum Gasteiger partial charge on any atom is 0.198 e. The highest BCUT2D eigenvalue weighted by atomic mass is 32.1. The zero-order valence-corrected chi connectivity index (χ0v) is 12.1. The predicted octanol–water partition coefficient (Wildman–Crippen LogP) is 5.50. The van der Waals surface area contributed by atoms with E-state index in [0.717, 1.165) is 39.8 Å². The zero-order chi connectivity index (χ0) is 13.9. The van der Waals surface area contributed by atoms with Gasteiger partial charge >= 0.3 is 0 Å². The van der Waals surface area contributed by atoms with Gasteiger partial charge in [-0.05, 0) is 54.8 Å². The van der Waals surface area contributed by atoms with Gasteiger partial charge < -0.3 is 0 Å². The van der Waals surface area contributed by atoms with Crippen LogP contribution < -0.4 is 0 Å². The molecule has 3 heteroatoms. The number of fused-ring (bicyclic) bond motifs is 1. The van der Waals surface area contributed by atoms with E-state index >= 15 is 0 Å². The molecule has 0 N–H and O–H groups in total. The fourth-order valence-electron chi connectivity index (χ4n) is 2.67. The molecule has 0 atom stereocenters. The largest absolute Gasteiger partial charge is 0.288 e. The second kappa shape index (κ2) is 5.88. The van der Waals surface area contributed by atoms with Crippen LogP contribution in [-0.4, -0.2) is 5.78 Å². The highest BCUT2D eigenvalue weighted by Crippen LogP contribution is 2.29. The van der Waals surface area contributed by atoms with Gasteiger partial charge in [0.25, 0.3) is 0 Å². The number of hydrogen-bond acceptors (Lipinski definition) is 2. The fourth-order valence-corrected chi connectivity index (χ4v) is 3.74. The van der Waals surface area contributed by atoms with Crippen molar-refractivity contribution in [1.29, 1.82) is 0 Å². The number of allylic oxidation sites excluding steroid dienone is 2. The molecule has 0 aliphatic heterocycles. The lowest BCUT2D eigenvalue weighted by atomic mass is 9.96. The van der Waals surface area contributed by atoms with E-state index in [0.29, 0.717) is 0 Å². The number of benzene rings is 1. The SMILES string of the molecule is O=C(/C1=C/CCCCCC1)c1cc2ccc(F)cc2s1. The summed E-state index contributed by atoms with van der Waals surface area (Å²) >= 11 is 1.39. The first-order chi connectivity index (χ1) is 9.74. The summed E-state index contributed by atoms with van der Waals surface area (Å²) in [6.07, 6.45) is 8.72. The predicted molar refractivity (Wildman–Crippen MR) is 81.9 cm³/mol.